The minimum Gasteiger partial charge on any atom is -0.494 e. The molecular weight excluding hydrogens is 477 g/mol. The van der Waals surface area contributed by atoms with Crippen LogP contribution in [0.5, 0.6) is 5.75 Å². The number of rotatable bonds is 8. The standard InChI is InChI=1S/C30H27F3N2O2/c1-3-23(20-9-6-5-7-10-20)24(4-2)25-18-29(35-28(36)26(25)19-34)15-13-21-17-22(11-12-27(21)29)37-16-8-14-30(31,32)33/h3-7,9-12,17H,1-2,8,13-16,18H2,(H,35,36)/b24-23-. The van der Waals surface area contributed by atoms with E-state index in [0.29, 0.717) is 36.2 Å². The van der Waals surface area contributed by atoms with Crippen LogP contribution in [0.4, 0.5) is 13.2 Å². The van der Waals surface area contributed by atoms with Gasteiger partial charge >= 0.3 is 6.18 Å². The lowest BCUT2D eigenvalue weighted by Gasteiger charge is -2.37. The number of nitrogens with one attached hydrogen (secondary N) is 1. The number of aryl methyl sites for hydroxylation is 1. The van der Waals surface area contributed by atoms with Crippen molar-refractivity contribution in [1.82, 2.24) is 5.32 Å². The number of carbonyl (C=O) groups is 1. The number of nitrogens with zero attached hydrogens (tertiary/aromatic N) is 1. The second-order valence-corrected chi connectivity index (χ2v) is 9.17. The Balaban J connectivity index is 1.67. The molecule has 2 aromatic carbocycles. The van der Waals surface area contributed by atoms with Crippen LogP contribution in [-0.2, 0) is 16.8 Å². The maximum absolute atomic E-state index is 13.2. The van der Waals surface area contributed by atoms with Gasteiger partial charge in [-0.05, 0) is 64.8 Å². The van der Waals surface area contributed by atoms with Crippen molar-refractivity contribution < 1.29 is 22.7 Å². The lowest BCUT2D eigenvalue weighted by Crippen LogP contribution is -2.48. The fourth-order valence-corrected chi connectivity index (χ4v) is 5.19. The molecule has 2 aliphatic rings. The molecule has 37 heavy (non-hydrogen) atoms. The number of fused-ring (bicyclic) bond motifs is 2. The van der Waals surface area contributed by atoms with Crippen LogP contribution < -0.4 is 10.1 Å². The summed E-state index contributed by atoms with van der Waals surface area (Å²) in [6.45, 7) is 7.91. The van der Waals surface area contributed by atoms with Crippen LogP contribution in [0.2, 0.25) is 0 Å². The van der Waals surface area contributed by atoms with Gasteiger partial charge in [0.15, 0.2) is 0 Å². The van der Waals surface area contributed by atoms with Crippen LogP contribution >= 0.6 is 0 Å². The molecular formula is C30H27F3N2O2. The van der Waals surface area contributed by atoms with Gasteiger partial charge in [-0.15, -0.1) is 0 Å². The van der Waals surface area contributed by atoms with Crippen molar-refractivity contribution in [3.8, 4) is 11.8 Å². The molecule has 0 saturated carbocycles. The maximum atomic E-state index is 13.2. The topological polar surface area (TPSA) is 62.1 Å². The lowest BCUT2D eigenvalue weighted by atomic mass is 9.76. The first-order valence-electron chi connectivity index (χ1n) is 12.0. The number of hydrogen-bond acceptors (Lipinski definition) is 3. The zero-order chi connectivity index (χ0) is 26.6. The lowest BCUT2D eigenvalue weighted by molar-refractivity contribution is -0.136. The van der Waals surface area contributed by atoms with Crippen LogP contribution in [0.1, 0.15) is 42.4 Å². The third-order valence-corrected chi connectivity index (χ3v) is 6.87. The van der Waals surface area contributed by atoms with Gasteiger partial charge in [0.25, 0.3) is 5.91 Å². The molecule has 0 saturated heterocycles. The Morgan fingerprint density at radius 2 is 1.86 bits per heavy atom. The van der Waals surface area contributed by atoms with Gasteiger partial charge in [0.05, 0.1) is 12.1 Å². The van der Waals surface area contributed by atoms with E-state index < -0.39 is 24.0 Å². The highest BCUT2D eigenvalue weighted by atomic mass is 19.4. The molecule has 1 amide bonds. The zero-order valence-electron chi connectivity index (χ0n) is 20.3. The van der Waals surface area contributed by atoms with Crippen molar-refractivity contribution in [2.75, 3.05) is 6.61 Å². The first kappa shape index (κ1) is 26.0. The fourth-order valence-electron chi connectivity index (χ4n) is 5.19. The molecule has 1 N–H and O–H groups in total. The van der Waals surface area contributed by atoms with Crippen LogP contribution in [0.3, 0.4) is 0 Å². The summed E-state index contributed by atoms with van der Waals surface area (Å²) in [7, 11) is 0. The van der Waals surface area contributed by atoms with Gasteiger partial charge < -0.3 is 10.1 Å². The number of carbonyl (C=O) groups excluding carboxylic acids is 1. The van der Waals surface area contributed by atoms with E-state index in [1.807, 2.05) is 42.5 Å². The predicted octanol–water partition coefficient (Wildman–Crippen LogP) is 6.72. The Kier molecular flexibility index (Phi) is 7.40. The van der Waals surface area contributed by atoms with E-state index in [-0.39, 0.29) is 18.6 Å². The van der Waals surface area contributed by atoms with E-state index in [2.05, 4.69) is 24.5 Å². The summed E-state index contributed by atoms with van der Waals surface area (Å²) in [6.07, 6.45) is -0.169. The molecule has 0 bridgehead atoms. The fraction of sp³-hybridized carbons (Fsp3) is 0.267. The minimum atomic E-state index is -4.20. The Morgan fingerprint density at radius 3 is 2.51 bits per heavy atom. The number of hydrogen-bond donors (Lipinski definition) is 1. The van der Waals surface area contributed by atoms with Crippen molar-refractivity contribution >= 4 is 11.5 Å². The molecule has 0 radical (unpaired) electrons. The van der Waals surface area contributed by atoms with Crippen LogP contribution in [0.25, 0.3) is 5.57 Å². The average molecular weight is 505 g/mol. The first-order valence-corrected chi connectivity index (χ1v) is 12.0. The molecule has 4 nitrogen and oxygen atoms in total. The van der Waals surface area contributed by atoms with Crippen molar-refractivity contribution in [1.29, 1.82) is 5.26 Å². The molecule has 1 atom stereocenters. The quantitative estimate of drug-likeness (QED) is 0.321. The highest BCUT2D eigenvalue weighted by Crippen LogP contribution is 2.47. The van der Waals surface area contributed by atoms with Gasteiger partial charge in [-0.3, -0.25) is 4.79 Å². The molecule has 2 aromatic rings. The van der Waals surface area contributed by atoms with Gasteiger partial charge in [0.2, 0.25) is 0 Å². The molecule has 7 heteroatoms. The Hall–Kier alpha value is -4.05. The summed E-state index contributed by atoms with van der Waals surface area (Å²) in [4.78, 5) is 13.2. The Morgan fingerprint density at radius 1 is 1.14 bits per heavy atom. The molecule has 0 aromatic heterocycles. The molecule has 1 spiro atoms. The molecule has 1 unspecified atom stereocenters. The second kappa shape index (κ2) is 10.5. The smallest absolute Gasteiger partial charge is 0.389 e. The monoisotopic (exact) mass is 504 g/mol. The number of nitriles is 1. The summed E-state index contributed by atoms with van der Waals surface area (Å²) in [5.74, 6) is 0.0539. The minimum absolute atomic E-state index is 0.0318. The van der Waals surface area contributed by atoms with Crippen molar-refractivity contribution in [3.63, 3.8) is 0 Å². The van der Waals surface area contributed by atoms with E-state index in [1.54, 1.807) is 18.2 Å². The van der Waals surface area contributed by atoms with Gasteiger partial charge in [-0.25, -0.2) is 0 Å². The van der Waals surface area contributed by atoms with Crippen LogP contribution in [-0.4, -0.2) is 18.7 Å². The van der Waals surface area contributed by atoms with Gasteiger partial charge in [0, 0.05) is 12.8 Å². The third-order valence-electron chi connectivity index (χ3n) is 6.87. The molecule has 4 rings (SSSR count). The van der Waals surface area contributed by atoms with E-state index in [0.717, 1.165) is 22.3 Å². The number of halogens is 3. The number of allylic oxidation sites excluding steroid dienone is 4. The largest absolute Gasteiger partial charge is 0.494 e. The molecule has 1 aliphatic heterocycles. The Labute approximate surface area is 214 Å². The van der Waals surface area contributed by atoms with Crippen molar-refractivity contribution in [3.05, 3.63) is 107 Å². The maximum Gasteiger partial charge on any atom is 0.389 e. The van der Waals surface area contributed by atoms with E-state index in [1.165, 1.54) is 0 Å². The van der Waals surface area contributed by atoms with E-state index in [4.69, 9.17) is 4.74 Å². The summed E-state index contributed by atoms with van der Waals surface area (Å²) < 4.78 is 42.8. The van der Waals surface area contributed by atoms with Crippen molar-refractivity contribution in [2.24, 2.45) is 0 Å². The Bertz CT molecular complexity index is 1330. The van der Waals surface area contributed by atoms with Gasteiger partial charge in [0.1, 0.15) is 17.4 Å². The predicted molar refractivity (Wildman–Crippen MR) is 136 cm³/mol. The number of benzene rings is 2. The number of ether oxygens (including phenoxy) is 1. The number of alkyl halides is 3. The third kappa shape index (κ3) is 5.39. The normalized spacial score (nSPS) is 19.6. The van der Waals surface area contributed by atoms with E-state index in [9.17, 15) is 23.2 Å². The molecule has 190 valence electrons. The van der Waals surface area contributed by atoms with Gasteiger partial charge in [-0.1, -0.05) is 61.7 Å². The van der Waals surface area contributed by atoms with Crippen molar-refractivity contribution in [2.45, 2.75) is 43.8 Å². The van der Waals surface area contributed by atoms with Crippen LogP contribution in [0.15, 0.2) is 90.6 Å². The first-order chi connectivity index (χ1) is 17.7. The summed E-state index contributed by atoms with van der Waals surface area (Å²) in [5.41, 5.74) is 4.19. The SMILES string of the molecule is C=C/C(C1=C(C#N)C(=O)NC2(CCc3cc(OCCCC(F)(F)F)ccc32)C1)=C(\C=C)c1ccccc1. The summed E-state index contributed by atoms with van der Waals surface area (Å²) >= 11 is 0. The van der Waals surface area contributed by atoms with Gasteiger partial charge in [-0.2, -0.15) is 18.4 Å². The highest BCUT2D eigenvalue weighted by molar-refractivity contribution is 6.02. The summed E-state index contributed by atoms with van der Waals surface area (Å²) in [5, 5.41) is 13.0. The average Bonchev–Trinajstić information content (AvgIpc) is 3.21. The van der Waals surface area contributed by atoms with Crippen LogP contribution in [0, 0.1) is 11.3 Å². The summed E-state index contributed by atoms with van der Waals surface area (Å²) in [6, 6.07) is 17.1. The van der Waals surface area contributed by atoms with E-state index >= 15 is 0 Å². The number of amides is 1. The highest BCUT2D eigenvalue weighted by Gasteiger charge is 2.45. The molecule has 1 heterocycles. The molecule has 0 fully saturated rings. The second-order valence-electron chi connectivity index (χ2n) is 9.17. The zero-order valence-corrected chi connectivity index (χ0v) is 20.3. The molecule has 1 aliphatic carbocycles.